The number of hydrogen-bond acceptors (Lipinski definition) is 0. The summed E-state index contributed by atoms with van der Waals surface area (Å²) in [6.45, 7) is 6.42. The Bertz CT molecular complexity index is 720. The summed E-state index contributed by atoms with van der Waals surface area (Å²) in [6.07, 6.45) is 0. The Hall–Kier alpha value is -2.02. The Kier molecular flexibility index (Phi) is 2.48. The Morgan fingerprint density at radius 2 is 1.50 bits per heavy atom. The van der Waals surface area contributed by atoms with Crippen molar-refractivity contribution < 1.29 is 0 Å². The van der Waals surface area contributed by atoms with Gasteiger partial charge < -0.3 is 4.98 Å². The first-order chi connectivity index (χ1) is 8.63. The molecule has 0 saturated heterocycles. The lowest BCUT2D eigenvalue weighted by molar-refractivity contribution is 1.36. The van der Waals surface area contributed by atoms with Crippen LogP contribution >= 0.6 is 0 Å². The molecule has 0 aliphatic rings. The highest BCUT2D eigenvalue weighted by atomic mass is 14.7. The average molecular weight is 235 g/mol. The van der Waals surface area contributed by atoms with E-state index in [-0.39, 0.29) is 0 Å². The minimum atomic E-state index is 1.21. The molecule has 0 spiro atoms. The van der Waals surface area contributed by atoms with Crippen molar-refractivity contribution >= 4 is 10.9 Å². The fourth-order valence-corrected chi connectivity index (χ4v) is 2.42. The largest absolute Gasteiger partial charge is 0.355 e. The van der Waals surface area contributed by atoms with E-state index in [4.69, 9.17) is 0 Å². The van der Waals surface area contributed by atoms with E-state index in [0.29, 0.717) is 0 Å². The molecular weight excluding hydrogens is 218 g/mol. The van der Waals surface area contributed by atoms with Gasteiger partial charge in [0.05, 0.1) is 0 Å². The smallest absolute Gasteiger partial charge is 0.0467 e. The maximum absolute atomic E-state index is 3.51. The summed E-state index contributed by atoms with van der Waals surface area (Å²) in [6, 6.07) is 15.3. The molecule has 0 atom stereocenters. The first kappa shape index (κ1) is 11.1. The summed E-state index contributed by atoms with van der Waals surface area (Å²) >= 11 is 0. The summed E-state index contributed by atoms with van der Waals surface area (Å²) in [4.78, 5) is 3.51. The van der Waals surface area contributed by atoms with Gasteiger partial charge in [0.2, 0.25) is 0 Å². The summed E-state index contributed by atoms with van der Waals surface area (Å²) in [5.74, 6) is 0. The summed E-state index contributed by atoms with van der Waals surface area (Å²) < 4.78 is 0. The number of nitrogens with one attached hydrogen (secondary N) is 1. The molecule has 0 saturated carbocycles. The van der Waals surface area contributed by atoms with Crippen LogP contribution in [-0.2, 0) is 0 Å². The molecule has 1 heteroatoms. The number of aromatic amines is 1. The van der Waals surface area contributed by atoms with E-state index in [1.54, 1.807) is 0 Å². The van der Waals surface area contributed by atoms with Crippen molar-refractivity contribution in [1.29, 1.82) is 0 Å². The van der Waals surface area contributed by atoms with Gasteiger partial charge in [0.1, 0.15) is 0 Å². The quantitative estimate of drug-likeness (QED) is 0.626. The number of rotatable bonds is 1. The van der Waals surface area contributed by atoms with Gasteiger partial charge in [-0.1, -0.05) is 29.3 Å². The Morgan fingerprint density at radius 1 is 0.778 bits per heavy atom. The third-order valence-electron chi connectivity index (χ3n) is 3.46. The molecule has 0 fully saturated rings. The summed E-state index contributed by atoms with van der Waals surface area (Å²) in [5, 5.41) is 1.28. The van der Waals surface area contributed by atoms with Crippen LogP contribution in [0.5, 0.6) is 0 Å². The second-order valence-corrected chi connectivity index (χ2v) is 5.09. The topological polar surface area (TPSA) is 15.8 Å². The van der Waals surface area contributed by atoms with Crippen LogP contribution in [0.25, 0.3) is 22.2 Å². The zero-order chi connectivity index (χ0) is 12.7. The van der Waals surface area contributed by atoms with Crippen LogP contribution in [-0.4, -0.2) is 4.98 Å². The van der Waals surface area contributed by atoms with Crippen molar-refractivity contribution in [2.75, 3.05) is 0 Å². The fourth-order valence-electron chi connectivity index (χ4n) is 2.42. The van der Waals surface area contributed by atoms with Crippen molar-refractivity contribution in [1.82, 2.24) is 4.98 Å². The van der Waals surface area contributed by atoms with Gasteiger partial charge in [-0.2, -0.15) is 0 Å². The maximum atomic E-state index is 3.51. The first-order valence-electron chi connectivity index (χ1n) is 6.30. The molecule has 18 heavy (non-hydrogen) atoms. The monoisotopic (exact) mass is 235 g/mol. The minimum Gasteiger partial charge on any atom is -0.355 e. The Labute approximate surface area is 107 Å². The molecule has 90 valence electrons. The lowest BCUT2D eigenvalue weighted by atomic mass is 10.0. The molecule has 1 aromatic heterocycles. The van der Waals surface area contributed by atoms with Gasteiger partial charge in [0.15, 0.2) is 0 Å². The normalized spacial score (nSPS) is 11.1. The van der Waals surface area contributed by atoms with Crippen LogP contribution in [0.2, 0.25) is 0 Å². The molecule has 0 radical (unpaired) electrons. The van der Waals surface area contributed by atoms with Crippen molar-refractivity contribution in [3.63, 3.8) is 0 Å². The highest BCUT2D eigenvalue weighted by molar-refractivity contribution is 5.87. The van der Waals surface area contributed by atoms with Gasteiger partial charge in [-0.05, 0) is 50.6 Å². The fraction of sp³-hybridized carbons (Fsp3) is 0.176. The van der Waals surface area contributed by atoms with Crippen LogP contribution in [0, 0.1) is 20.8 Å². The third kappa shape index (κ3) is 1.82. The van der Waals surface area contributed by atoms with Crippen LogP contribution in [0.1, 0.15) is 16.7 Å². The van der Waals surface area contributed by atoms with Gasteiger partial charge in [-0.25, -0.2) is 0 Å². The second-order valence-electron chi connectivity index (χ2n) is 5.09. The molecule has 0 aliphatic heterocycles. The van der Waals surface area contributed by atoms with Crippen molar-refractivity contribution in [3.05, 3.63) is 59.2 Å². The Morgan fingerprint density at radius 3 is 2.33 bits per heavy atom. The number of aryl methyl sites for hydroxylation is 3. The van der Waals surface area contributed by atoms with Gasteiger partial charge in [-0.3, -0.25) is 0 Å². The molecule has 0 amide bonds. The highest BCUT2D eigenvalue weighted by Crippen LogP contribution is 2.27. The third-order valence-corrected chi connectivity index (χ3v) is 3.46. The van der Waals surface area contributed by atoms with Gasteiger partial charge in [0.25, 0.3) is 0 Å². The molecule has 0 unspecified atom stereocenters. The zero-order valence-electron chi connectivity index (χ0n) is 11.0. The van der Waals surface area contributed by atoms with Gasteiger partial charge in [-0.15, -0.1) is 0 Å². The molecule has 0 bridgehead atoms. The van der Waals surface area contributed by atoms with E-state index in [1.165, 1.54) is 38.9 Å². The van der Waals surface area contributed by atoms with E-state index in [1.807, 2.05) is 0 Å². The molecule has 0 aliphatic carbocycles. The summed E-state index contributed by atoms with van der Waals surface area (Å²) in [5.41, 5.74) is 7.61. The predicted octanol–water partition coefficient (Wildman–Crippen LogP) is 4.76. The number of aromatic nitrogens is 1. The van der Waals surface area contributed by atoms with Crippen LogP contribution < -0.4 is 0 Å². The maximum Gasteiger partial charge on any atom is 0.0467 e. The van der Waals surface area contributed by atoms with E-state index in [2.05, 4.69) is 68.2 Å². The lowest BCUT2D eigenvalue weighted by Gasteiger charge is -2.04. The highest BCUT2D eigenvalue weighted by Gasteiger charge is 2.06. The second kappa shape index (κ2) is 4.02. The average Bonchev–Trinajstić information content (AvgIpc) is 2.74. The number of H-pyrrole nitrogens is 1. The molecular formula is C17H17N. The number of hydrogen-bond donors (Lipinski definition) is 1. The Balaban J connectivity index is 2.22. The van der Waals surface area contributed by atoms with Crippen molar-refractivity contribution in [2.24, 2.45) is 0 Å². The standard InChI is InChI=1S/C17H17N/c1-11-5-7-16-14(8-11)10-17(18-16)15-9-12(2)4-6-13(15)3/h4-10,18H,1-3H3. The first-order valence-corrected chi connectivity index (χ1v) is 6.30. The number of fused-ring (bicyclic) bond motifs is 1. The lowest BCUT2D eigenvalue weighted by Crippen LogP contribution is -1.84. The van der Waals surface area contributed by atoms with E-state index < -0.39 is 0 Å². The van der Waals surface area contributed by atoms with Crippen LogP contribution in [0.15, 0.2) is 42.5 Å². The SMILES string of the molecule is Cc1ccc(C)c(-c2cc3cc(C)ccc3[nH]2)c1. The predicted molar refractivity (Wildman–Crippen MR) is 77.9 cm³/mol. The van der Waals surface area contributed by atoms with Crippen LogP contribution in [0.3, 0.4) is 0 Å². The molecule has 1 heterocycles. The molecule has 1 nitrogen and oxygen atoms in total. The van der Waals surface area contributed by atoms with E-state index >= 15 is 0 Å². The van der Waals surface area contributed by atoms with Crippen molar-refractivity contribution in [2.45, 2.75) is 20.8 Å². The minimum absolute atomic E-state index is 1.21. The van der Waals surface area contributed by atoms with Crippen LogP contribution in [0.4, 0.5) is 0 Å². The van der Waals surface area contributed by atoms with Gasteiger partial charge >= 0.3 is 0 Å². The van der Waals surface area contributed by atoms with Gasteiger partial charge in [0, 0.05) is 22.2 Å². The zero-order valence-corrected chi connectivity index (χ0v) is 11.0. The molecule has 1 N–H and O–H groups in total. The molecule has 2 aromatic carbocycles. The van der Waals surface area contributed by atoms with E-state index in [0.717, 1.165) is 0 Å². The summed E-state index contributed by atoms with van der Waals surface area (Å²) in [7, 11) is 0. The van der Waals surface area contributed by atoms with Crippen molar-refractivity contribution in [3.8, 4) is 11.3 Å². The molecule has 3 rings (SSSR count). The number of benzene rings is 2. The van der Waals surface area contributed by atoms with E-state index in [9.17, 15) is 0 Å². The molecule has 3 aromatic rings.